The van der Waals surface area contributed by atoms with Gasteiger partial charge >= 0.3 is 0 Å². The average Bonchev–Trinajstić information content (AvgIpc) is 3.53. The summed E-state index contributed by atoms with van der Waals surface area (Å²) in [6, 6.07) is 19.0. The molecule has 2 N–H and O–H groups in total. The van der Waals surface area contributed by atoms with Crippen molar-refractivity contribution in [2.75, 3.05) is 24.9 Å². The molecule has 9 heteroatoms. The second kappa shape index (κ2) is 8.70. The zero-order chi connectivity index (χ0) is 22.8. The number of anilines is 2. The van der Waals surface area contributed by atoms with E-state index in [2.05, 4.69) is 20.7 Å². The van der Waals surface area contributed by atoms with Crippen molar-refractivity contribution in [3.63, 3.8) is 0 Å². The number of nitrogens with one attached hydrogen (secondary N) is 2. The van der Waals surface area contributed by atoms with Gasteiger partial charge in [0.2, 0.25) is 5.95 Å². The van der Waals surface area contributed by atoms with E-state index in [0.29, 0.717) is 5.95 Å². The third-order valence-corrected chi connectivity index (χ3v) is 5.68. The molecule has 0 unspecified atom stereocenters. The summed E-state index contributed by atoms with van der Waals surface area (Å²) in [4.78, 5) is 17.0. The fourth-order valence-corrected chi connectivity index (χ4v) is 3.96. The van der Waals surface area contributed by atoms with Crippen LogP contribution in [-0.2, 0) is 0 Å². The van der Waals surface area contributed by atoms with Gasteiger partial charge < -0.3 is 19.2 Å². The van der Waals surface area contributed by atoms with E-state index in [0.717, 1.165) is 29.0 Å². The Balaban J connectivity index is 1.48. The Kier molecular flexibility index (Phi) is 5.43. The van der Waals surface area contributed by atoms with Crippen LogP contribution in [0, 0.1) is 0 Å². The number of aromatic nitrogens is 3. The number of amides is 1. The fourth-order valence-electron chi connectivity index (χ4n) is 3.96. The van der Waals surface area contributed by atoms with Gasteiger partial charge in [-0.25, -0.2) is 4.68 Å². The maximum absolute atomic E-state index is 12.4. The zero-order valence-corrected chi connectivity index (χ0v) is 18.2. The molecular formula is C24H23N5O4. The lowest BCUT2D eigenvalue weighted by atomic mass is 9.93. The molecule has 168 valence electrons. The molecule has 9 nitrogen and oxygen atoms in total. The van der Waals surface area contributed by atoms with Crippen molar-refractivity contribution in [3.05, 3.63) is 83.8 Å². The van der Waals surface area contributed by atoms with Crippen molar-refractivity contribution >= 4 is 17.8 Å². The summed E-state index contributed by atoms with van der Waals surface area (Å²) >= 11 is 0. The molecule has 2 atom stereocenters. The monoisotopic (exact) mass is 445 g/mol. The molecule has 0 saturated carbocycles. The SMILES string of the molecule is COc1ccc([C@@H]2C[C@@H](c3ccc(OC)cc3)n3nc(NC(=O)c4ccco4)nc3N2)cc1. The number of furan rings is 1. The number of methoxy groups -OCH3 is 2. The Hall–Kier alpha value is -4.27. The van der Waals surface area contributed by atoms with Crippen LogP contribution in [0.2, 0.25) is 0 Å². The smallest absolute Gasteiger partial charge is 0.293 e. The highest BCUT2D eigenvalue weighted by Crippen LogP contribution is 2.39. The number of fused-ring (bicyclic) bond motifs is 1. The molecule has 0 fully saturated rings. The lowest BCUT2D eigenvalue weighted by Crippen LogP contribution is -2.28. The van der Waals surface area contributed by atoms with E-state index in [1.807, 2.05) is 48.5 Å². The van der Waals surface area contributed by atoms with Crippen LogP contribution in [-0.4, -0.2) is 34.9 Å². The minimum absolute atomic E-state index is 0.00617. The van der Waals surface area contributed by atoms with Gasteiger partial charge in [-0.05, 0) is 53.9 Å². The average molecular weight is 445 g/mol. The highest BCUT2D eigenvalue weighted by molar-refractivity contribution is 6.01. The molecule has 33 heavy (non-hydrogen) atoms. The van der Waals surface area contributed by atoms with E-state index >= 15 is 0 Å². The van der Waals surface area contributed by atoms with E-state index in [1.54, 1.807) is 31.0 Å². The number of hydrogen-bond acceptors (Lipinski definition) is 7. The Bertz CT molecular complexity index is 1230. The second-order valence-corrected chi connectivity index (χ2v) is 7.63. The van der Waals surface area contributed by atoms with Crippen molar-refractivity contribution in [1.82, 2.24) is 14.8 Å². The van der Waals surface area contributed by atoms with Crippen molar-refractivity contribution in [2.45, 2.75) is 18.5 Å². The van der Waals surface area contributed by atoms with E-state index in [-0.39, 0.29) is 23.8 Å². The van der Waals surface area contributed by atoms with Gasteiger partial charge in [0.05, 0.1) is 32.6 Å². The summed E-state index contributed by atoms with van der Waals surface area (Å²) in [6.45, 7) is 0. The van der Waals surface area contributed by atoms with Crippen LogP contribution in [0.5, 0.6) is 11.5 Å². The predicted molar refractivity (Wildman–Crippen MR) is 122 cm³/mol. The molecule has 5 rings (SSSR count). The van der Waals surface area contributed by atoms with Crippen LogP contribution >= 0.6 is 0 Å². The van der Waals surface area contributed by atoms with E-state index in [9.17, 15) is 4.79 Å². The summed E-state index contributed by atoms with van der Waals surface area (Å²) in [5, 5.41) is 10.7. The van der Waals surface area contributed by atoms with Gasteiger partial charge in [0, 0.05) is 0 Å². The molecule has 0 aliphatic carbocycles. The minimum Gasteiger partial charge on any atom is -0.497 e. The molecule has 0 bridgehead atoms. The number of rotatable bonds is 6. The first kappa shape index (κ1) is 20.6. The Labute approximate surface area is 190 Å². The van der Waals surface area contributed by atoms with Crippen LogP contribution in [0.15, 0.2) is 71.3 Å². The standard InChI is InChI=1S/C24H23N5O4/c1-31-17-9-5-15(6-10-17)19-14-20(16-7-11-18(32-2)12-8-16)29-24(25-19)27-23(28-29)26-22(30)21-4-3-13-33-21/h3-13,19-20H,14H2,1-2H3,(H2,25,26,27,28,30)/t19-,20-/m0/s1. The molecule has 1 aliphatic heterocycles. The largest absolute Gasteiger partial charge is 0.497 e. The Morgan fingerprint density at radius 3 is 2.30 bits per heavy atom. The Morgan fingerprint density at radius 1 is 1.03 bits per heavy atom. The molecule has 0 radical (unpaired) electrons. The van der Waals surface area contributed by atoms with Gasteiger partial charge in [-0.2, -0.15) is 4.98 Å². The highest BCUT2D eigenvalue weighted by atomic mass is 16.5. The molecule has 3 heterocycles. The quantitative estimate of drug-likeness (QED) is 0.456. The minimum atomic E-state index is -0.407. The van der Waals surface area contributed by atoms with E-state index in [4.69, 9.17) is 13.9 Å². The summed E-state index contributed by atoms with van der Waals surface area (Å²) in [6.07, 6.45) is 2.18. The van der Waals surface area contributed by atoms with Gasteiger partial charge in [-0.3, -0.25) is 10.1 Å². The third-order valence-electron chi connectivity index (χ3n) is 5.68. The molecule has 1 aliphatic rings. The van der Waals surface area contributed by atoms with Crippen LogP contribution in [0.4, 0.5) is 11.9 Å². The number of nitrogens with zero attached hydrogens (tertiary/aromatic N) is 3. The molecule has 2 aromatic carbocycles. The van der Waals surface area contributed by atoms with Gasteiger partial charge in [-0.1, -0.05) is 24.3 Å². The highest BCUT2D eigenvalue weighted by Gasteiger charge is 2.31. The van der Waals surface area contributed by atoms with Crippen molar-refractivity contribution in [3.8, 4) is 11.5 Å². The molecule has 2 aromatic heterocycles. The van der Waals surface area contributed by atoms with Crippen LogP contribution in [0.1, 0.15) is 40.2 Å². The van der Waals surface area contributed by atoms with Crippen molar-refractivity contribution in [2.24, 2.45) is 0 Å². The number of carbonyl (C=O) groups excluding carboxylic acids is 1. The maximum Gasteiger partial charge on any atom is 0.293 e. The van der Waals surface area contributed by atoms with Crippen LogP contribution < -0.4 is 20.1 Å². The lowest BCUT2D eigenvalue weighted by molar-refractivity contribution is 0.0995. The van der Waals surface area contributed by atoms with E-state index in [1.165, 1.54) is 6.26 Å². The van der Waals surface area contributed by atoms with Gasteiger partial charge in [0.1, 0.15) is 11.5 Å². The molecule has 0 saturated heterocycles. The lowest BCUT2D eigenvalue weighted by Gasteiger charge is -2.31. The normalized spacial score (nSPS) is 17.0. The maximum atomic E-state index is 12.4. The predicted octanol–water partition coefficient (Wildman–Crippen LogP) is 4.29. The summed E-state index contributed by atoms with van der Waals surface area (Å²) in [5.74, 6) is 2.14. The van der Waals surface area contributed by atoms with Crippen LogP contribution in [0.25, 0.3) is 0 Å². The summed E-state index contributed by atoms with van der Waals surface area (Å²) in [7, 11) is 3.29. The molecule has 0 spiro atoms. The summed E-state index contributed by atoms with van der Waals surface area (Å²) < 4.78 is 17.6. The summed E-state index contributed by atoms with van der Waals surface area (Å²) in [5.41, 5.74) is 2.16. The van der Waals surface area contributed by atoms with E-state index < -0.39 is 5.91 Å². The third kappa shape index (κ3) is 4.12. The first-order valence-corrected chi connectivity index (χ1v) is 10.5. The zero-order valence-electron chi connectivity index (χ0n) is 18.2. The number of ether oxygens (including phenoxy) is 2. The number of benzene rings is 2. The van der Waals surface area contributed by atoms with Gasteiger partial charge in [-0.15, -0.1) is 5.10 Å². The first-order chi connectivity index (χ1) is 16.1. The Morgan fingerprint density at radius 2 is 1.70 bits per heavy atom. The first-order valence-electron chi connectivity index (χ1n) is 10.5. The number of hydrogen-bond donors (Lipinski definition) is 2. The van der Waals surface area contributed by atoms with Crippen molar-refractivity contribution < 1.29 is 18.7 Å². The fraction of sp³-hybridized carbons (Fsp3) is 0.208. The molecule has 1 amide bonds. The molecular weight excluding hydrogens is 422 g/mol. The topological polar surface area (TPSA) is 103 Å². The second-order valence-electron chi connectivity index (χ2n) is 7.63. The van der Waals surface area contributed by atoms with Gasteiger partial charge in [0.25, 0.3) is 11.9 Å². The van der Waals surface area contributed by atoms with Crippen molar-refractivity contribution in [1.29, 1.82) is 0 Å². The molecule has 4 aromatic rings. The van der Waals surface area contributed by atoms with Crippen LogP contribution in [0.3, 0.4) is 0 Å². The van der Waals surface area contributed by atoms with Gasteiger partial charge in [0.15, 0.2) is 5.76 Å². The number of carbonyl (C=O) groups is 1.